The van der Waals surface area contributed by atoms with Crippen LogP contribution in [-0.4, -0.2) is 16.7 Å². The van der Waals surface area contributed by atoms with E-state index in [1.54, 1.807) is 30.3 Å². The Labute approximate surface area is 173 Å². The highest BCUT2D eigenvalue weighted by Gasteiger charge is 2.17. The molecule has 3 aromatic carbocycles. The molecule has 0 fully saturated rings. The second-order valence-corrected chi connectivity index (χ2v) is 6.55. The van der Waals surface area contributed by atoms with Crippen LogP contribution in [0.15, 0.2) is 84.6 Å². The molecule has 0 aliphatic carbocycles. The van der Waals surface area contributed by atoms with Crippen LogP contribution in [-0.2, 0) is 4.79 Å². The van der Waals surface area contributed by atoms with E-state index in [0.29, 0.717) is 11.3 Å². The average Bonchev–Trinajstić information content (AvgIpc) is 2.75. The zero-order valence-electron chi connectivity index (χ0n) is 16.2. The smallest absolute Gasteiger partial charge is 0.272 e. The Balaban J connectivity index is 1.87. The van der Waals surface area contributed by atoms with Crippen molar-refractivity contribution in [2.45, 2.75) is 6.92 Å². The molecule has 2 amide bonds. The molecule has 0 aliphatic rings. The first-order valence-electron chi connectivity index (χ1n) is 9.13. The number of amides is 2. The highest BCUT2D eigenvalue weighted by atomic mass is 16.6. The van der Waals surface area contributed by atoms with Gasteiger partial charge in [-0.15, -0.1) is 0 Å². The number of nitrogens with one attached hydrogen (secondary N) is 2. The number of hydrogen-bond acceptors (Lipinski definition) is 4. The van der Waals surface area contributed by atoms with E-state index in [-0.39, 0.29) is 16.9 Å². The number of benzene rings is 3. The number of anilines is 1. The van der Waals surface area contributed by atoms with Gasteiger partial charge in [0.25, 0.3) is 17.5 Å². The van der Waals surface area contributed by atoms with Crippen molar-refractivity contribution in [3.8, 4) is 0 Å². The van der Waals surface area contributed by atoms with Gasteiger partial charge in [-0.2, -0.15) is 0 Å². The van der Waals surface area contributed by atoms with Crippen LogP contribution >= 0.6 is 0 Å². The van der Waals surface area contributed by atoms with Gasteiger partial charge in [0.05, 0.1) is 4.92 Å². The molecule has 30 heavy (non-hydrogen) atoms. The molecular formula is C23H19N3O4. The molecule has 7 heteroatoms. The summed E-state index contributed by atoms with van der Waals surface area (Å²) < 4.78 is 0. The number of hydrogen-bond donors (Lipinski definition) is 2. The molecule has 0 unspecified atom stereocenters. The topological polar surface area (TPSA) is 101 Å². The lowest BCUT2D eigenvalue weighted by Crippen LogP contribution is -2.30. The number of aryl methyl sites for hydroxylation is 1. The van der Waals surface area contributed by atoms with Crippen LogP contribution in [0.25, 0.3) is 6.08 Å². The Hall–Kier alpha value is -4.26. The number of rotatable bonds is 6. The lowest BCUT2D eigenvalue weighted by atomic mass is 10.1. The first-order valence-corrected chi connectivity index (χ1v) is 9.13. The van der Waals surface area contributed by atoms with E-state index in [9.17, 15) is 19.7 Å². The standard InChI is InChI=1S/C23H19N3O4/c1-16-10-12-19(13-11-16)24-23(28)21(14-17-6-3-2-4-7-17)25-22(27)18-8-5-9-20(15-18)26(29)30/h2-15H,1H3,(H,24,28)(H,25,27)/b21-14-. The summed E-state index contributed by atoms with van der Waals surface area (Å²) in [6.45, 7) is 1.94. The van der Waals surface area contributed by atoms with Gasteiger partial charge >= 0.3 is 0 Å². The molecule has 150 valence electrons. The molecule has 0 saturated carbocycles. The quantitative estimate of drug-likeness (QED) is 0.365. The molecular weight excluding hydrogens is 382 g/mol. The third-order valence-electron chi connectivity index (χ3n) is 4.23. The van der Waals surface area contributed by atoms with Crippen LogP contribution < -0.4 is 10.6 Å². The van der Waals surface area contributed by atoms with E-state index >= 15 is 0 Å². The minimum atomic E-state index is -0.625. The van der Waals surface area contributed by atoms with Crippen molar-refractivity contribution in [3.63, 3.8) is 0 Å². The Morgan fingerprint density at radius 3 is 2.30 bits per heavy atom. The Bertz CT molecular complexity index is 1110. The molecule has 0 radical (unpaired) electrons. The highest BCUT2D eigenvalue weighted by Crippen LogP contribution is 2.15. The van der Waals surface area contributed by atoms with E-state index in [0.717, 1.165) is 11.6 Å². The minimum Gasteiger partial charge on any atom is -0.321 e. The molecule has 0 bridgehead atoms. The first kappa shape index (κ1) is 20.5. The summed E-state index contributed by atoms with van der Waals surface area (Å²) in [7, 11) is 0. The summed E-state index contributed by atoms with van der Waals surface area (Å²) >= 11 is 0. The van der Waals surface area contributed by atoms with Crippen LogP contribution in [0.1, 0.15) is 21.5 Å². The maximum atomic E-state index is 12.8. The van der Waals surface area contributed by atoms with Crippen LogP contribution in [0.3, 0.4) is 0 Å². The van der Waals surface area contributed by atoms with Gasteiger partial charge in [0.2, 0.25) is 0 Å². The Morgan fingerprint density at radius 2 is 1.63 bits per heavy atom. The van der Waals surface area contributed by atoms with Gasteiger partial charge in [-0.25, -0.2) is 0 Å². The monoisotopic (exact) mass is 401 g/mol. The summed E-state index contributed by atoms with van der Waals surface area (Å²) in [6.07, 6.45) is 1.54. The summed E-state index contributed by atoms with van der Waals surface area (Å²) in [5.41, 5.74) is 2.22. The summed E-state index contributed by atoms with van der Waals surface area (Å²) in [5, 5.41) is 16.3. The molecule has 0 spiro atoms. The van der Waals surface area contributed by atoms with Crippen molar-refractivity contribution < 1.29 is 14.5 Å². The van der Waals surface area contributed by atoms with Crippen molar-refractivity contribution in [3.05, 3.63) is 111 Å². The van der Waals surface area contributed by atoms with E-state index in [4.69, 9.17) is 0 Å². The minimum absolute atomic E-state index is 0.0123. The fourth-order valence-corrected chi connectivity index (χ4v) is 2.66. The van der Waals surface area contributed by atoms with E-state index < -0.39 is 16.7 Å². The molecule has 3 aromatic rings. The van der Waals surface area contributed by atoms with Gasteiger partial charge in [-0.3, -0.25) is 19.7 Å². The number of carbonyl (C=O) groups is 2. The predicted molar refractivity (Wildman–Crippen MR) is 115 cm³/mol. The summed E-state index contributed by atoms with van der Waals surface area (Å²) in [5.74, 6) is -1.14. The van der Waals surface area contributed by atoms with E-state index in [1.165, 1.54) is 18.2 Å². The largest absolute Gasteiger partial charge is 0.321 e. The molecule has 0 heterocycles. The van der Waals surface area contributed by atoms with Gasteiger partial charge in [0.15, 0.2) is 0 Å². The van der Waals surface area contributed by atoms with E-state index in [1.807, 2.05) is 37.3 Å². The van der Waals surface area contributed by atoms with Gasteiger partial charge in [-0.05, 0) is 36.8 Å². The van der Waals surface area contributed by atoms with Crippen molar-refractivity contribution in [2.24, 2.45) is 0 Å². The number of nitrogens with zero attached hydrogens (tertiary/aromatic N) is 1. The number of carbonyl (C=O) groups excluding carboxylic acids is 2. The number of non-ortho nitro benzene ring substituents is 1. The maximum Gasteiger partial charge on any atom is 0.272 e. The second-order valence-electron chi connectivity index (χ2n) is 6.55. The highest BCUT2D eigenvalue weighted by molar-refractivity contribution is 6.10. The van der Waals surface area contributed by atoms with Crippen LogP contribution in [0.4, 0.5) is 11.4 Å². The molecule has 0 saturated heterocycles. The Kier molecular flexibility index (Phi) is 6.34. The Morgan fingerprint density at radius 1 is 0.933 bits per heavy atom. The molecule has 3 rings (SSSR count). The van der Waals surface area contributed by atoms with Crippen molar-refractivity contribution >= 4 is 29.3 Å². The lowest BCUT2D eigenvalue weighted by Gasteiger charge is -2.11. The van der Waals surface area contributed by atoms with Crippen molar-refractivity contribution in [2.75, 3.05) is 5.32 Å². The number of nitro groups is 1. The van der Waals surface area contributed by atoms with Crippen molar-refractivity contribution in [1.82, 2.24) is 5.32 Å². The van der Waals surface area contributed by atoms with Gasteiger partial charge in [-0.1, -0.05) is 54.1 Å². The SMILES string of the molecule is Cc1ccc(NC(=O)/C(=C/c2ccccc2)NC(=O)c2cccc([N+](=O)[O-])c2)cc1. The summed E-state index contributed by atoms with van der Waals surface area (Å²) in [6, 6.07) is 21.6. The number of nitro benzene ring substituents is 1. The van der Waals surface area contributed by atoms with Crippen molar-refractivity contribution in [1.29, 1.82) is 0 Å². The lowest BCUT2D eigenvalue weighted by molar-refractivity contribution is -0.384. The zero-order chi connectivity index (χ0) is 21.5. The van der Waals surface area contributed by atoms with Crippen LogP contribution in [0.5, 0.6) is 0 Å². The van der Waals surface area contributed by atoms with Gasteiger partial charge in [0, 0.05) is 23.4 Å². The molecule has 2 N–H and O–H groups in total. The molecule has 7 nitrogen and oxygen atoms in total. The fourth-order valence-electron chi connectivity index (χ4n) is 2.66. The first-order chi connectivity index (χ1) is 14.4. The zero-order valence-corrected chi connectivity index (χ0v) is 16.2. The molecule has 0 aliphatic heterocycles. The van der Waals surface area contributed by atoms with Gasteiger partial charge in [0.1, 0.15) is 5.70 Å². The fraction of sp³-hybridized carbons (Fsp3) is 0.0435. The average molecular weight is 401 g/mol. The molecule has 0 aromatic heterocycles. The third kappa shape index (κ3) is 5.39. The molecule has 0 atom stereocenters. The predicted octanol–water partition coefficient (Wildman–Crippen LogP) is 4.31. The third-order valence-corrected chi connectivity index (χ3v) is 4.23. The normalized spacial score (nSPS) is 10.9. The second kappa shape index (κ2) is 9.29. The van der Waals surface area contributed by atoms with Crippen LogP contribution in [0.2, 0.25) is 0 Å². The van der Waals surface area contributed by atoms with E-state index in [2.05, 4.69) is 10.6 Å². The van der Waals surface area contributed by atoms with Gasteiger partial charge < -0.3 is 10.6 Å². The maximum absolute atomic E-state index is 12.8. The summed E-state index contributed by atoms with van der Waals surface area (Å²) in [4.78, 5) is 35.9. The van der Waals surface area contributed by atoms with Crippen LogP contribution in [0, 0.1) is 17.0 Å².